The van der Waals surface area contributed by atoms with E-state index in [1.807, 2.05) is 47.5 Å². The zero-order valence-corrected chi connectivity index (χ0v) is 11.6. The second kappa shape index (κ2) is 7.40. The number of rotatable bonds is 6. The number of hydrogen-bond donors (Lipinski definition) is 1. The van der Waals surface area contributed by atoms with Crippen LogP contribution in [0.4, 0.5) is 5.69 Å². The molecule has 4 heteroatoms. The SMILES string of the molecule is CCN(Cc1ccccc1)/N=N/c1ccc(CO)cc1. The number of aliphatic hydroxyl groups is 1. The van der Waals surface area contributed by atoms with E-state index in [4.69, 9.17) is 5.11 Å². The van der Waals surface area contributed by atoms with E-state index in [2.05, 4.69) is 29.4 Å². The van der Waals surface area contributed by atoms with Crippen LogP contribution in [-0.4, -0.2) is 16.7 Å². The summed E-state index contributed by atoms with van der Waals surface area (Å²) < 4.78 is 0. The molecule has 0 heterocycles. The highest BCUT2D eigenvalue weighted by Crippen LogP contribution is 2.15. The van der Waals surface area contributed by atoms with Crippen LogP contribution in [0.2, 0.25) is 0 Å². The van der Waals surface area contributed by atoms with Crippen LogP contribution in [0.1, 0.15) is 18.1 Å². The standard InChI is InChI=1S/C16H19N3O/c1-2-19(12-14-6-4-3-5-7-14)18-17-16-10-8-15(13-20)9-11-16/h3-11,20H,2,12-13H2,1H3/b18-17+. The minimum Gasteiger partial charge on any atom is -0.392 e. The van der Waals surface area contributed by atoms with Crippen LogP contribution in [0.25, 0.3) is 0 Å². The fourth-order valence-electron chi connectivity index (χ4n) is 1.78. The third kappa shape index (κ3) is 4.17. The summed E-state index contributed by atoms with van der Waals surface area (Å²) in [5.41, 5.74) is 2.87. The van der Waals surface area contributed by atoms with Crippen LogP contribution >= 0.6 is 0 Å². The number of benzene rings is 2. The van der Waals surface area contributed by atoms with Crippen molar-refractivity contribution in [2.45, 2.75) is 20.1 Å². The first kappa shape index (κ1) is 14.2. The quantitative estimate of drug-likeness (QED) is 0.642. The molecule has 2 rings (SSSR count). The normalized spacial score (nSPS) is 10.9. The third-order valence-electron chi connectivity index (χ3n) is 2.98. The Morgan fingerprint density at radius 3 is 2.25 bits per heavy atom. The van der Waals surface area contributed by atoms with E-state index in [0.717, 1.165) is 24.3 Å². The smallest absolute Gasteiger partial charge is 0.0874 e. The lowest BCUT2D eigenvalue weighted by molar-refractivity contribution is 0.276. The lowest BCUT2D eigenvalue weighted by Gasteiger charge is -2.15. The molecule has 0 atom stereocenters. The molecule has 0 fully saturated rings. The van der Waals surface area contributed by atoms with Gasteiger partial charge in [-0.15, -0.1) is 5.11 Å². The average Bonchev–Trinajstić information content (AvgIpc) is 2.53. The Labute approximate surface area is 119 Å². The van der Waals surface area contributed by atoms with Gasteiger partial charge in [-0.1, -0.05) is 47.7 Å². The van der Waals surface area contributed by atoms with Crippen molar-refractivity contribution < 1.29 is 5.11 Å². The monoisotopic (exact) mass is 269 g/mol. The predicted molar refractivity (Wildman–Crippen MR) is 79.4 cm³/mol. The summed E-state index contributed by atoms with van der Waals surface area (Å²) in [5.74, 6) is 0. The molecule has 0 aliphatic carbocycles. The van der Waals surface area contributed by atoms with Crippen LogP contribution in [0.15, 0.2) is 64.9 Å². The fraction of sp³-hybridized carbons (Fsp3) is 0.250. The zero-order chi connectivity index (χ0) is 14.2. The lowest BCUT2D eigenvalue weighted by atomic mass is 10.2. The molecule has 20 heavy (non-hydrogen) atoms. The number of aliphatic hydroxyl groups excluding tert-OH is 1. The summed E-state index contributed by atoms with van der Waals surface area (Å²) in [7, 11) is 0. The van der Waals surface area contributed by atoms with Gasteiger partial charge in [0.05, 0.1) is 18.8 Å². The van der Waals surface area contributed by atoms with E-state index in [1.54, 1.807) is 0 Å². The molecular weight excluding hydrogens is 250 g/mol. The van der Waals surface area contributed by atoms with Crippen LogP contribution in [0.3, 0.4) is 0 Å². The van der Waals surface area contributed by atoms with Gasteiger partial charge < -0.3 is 5.11 Å². The molecule has 0 aromatic heterocycles. The highest BCUT2D eigenvalue weighted by atomic mass is 16.3. The molecule has 0 saturated carbocycles. The molecule has 0 radical (unpaired) electrons. The first-order valence-corrected chi connectivity index (χ1v) is 6.72. The second-order valence-electron chi connectivity index (χ2n) is 4.48. The van der Waals surface area contributed by atoms with Gasteiger partial charge in [0.2, 0.25) is 0 Å². The van der Waals surface area contributed by atoms with Gasteiger partial charge in [-0.3, -0.25) is 5.01 Å². The summed E-state index contributed by atoms with van der Waals surface area (Å²) in [5, 5.41) is 19.4. The van der Waals surface area contributed by atoms with E-state index >= 15 is 0 Å². The molecule has 2 aromatic carbocycles. The fourth-order valence-corrected chi connectivity index (χ4v) is 1.78. The highest BCUT2D eigenvalue weighted by molar-refractivity contribution is 5.37. The molecule has 0 unspecified atom stereocenters. The summed E-state index contributed by atoms with van der Waals surface area (Å²) in [6, 6.07) is 17.6. The van der Waals surface area contributed by atoms with E-state index in [9.17, 15) is 0 Å². The minimum absolute atomic E-state index is 0.0481. The molecule has 4 nitrogen and oxygen atoms in total. The van der Waals surface area contributed by atoms with Crippen LogP contribution < -0.4 is 0 Å². The molecule has 0 amide bonds. The zero-order valence-electron chi connectivity index (χ0n) is 11.6. The van der Waals surface area contributed by atoms with Crippen molar-refractivity contribution in [2.75, 3.05) is 6.54 Å². The summed E-state index contributed by atoms with van der Waals surface area (Å²) in [4.78, 5) is 0. The number of nitrogens with zero attached hydrogens (tertiary/aromatic N) is 3. The molecule has 0 aliphatic heterocycles. The van der Waals surface area contributed by atoms with Gasteiger partial charge >= 0.3 is 0 Å². The Hall–Kier alpha value is -2.20. The van der Waals surface area contributed by atoms with E-state index in [1.165, 1.54) is 5.56 Å². The van der Waals surface area contributed by atoms with Gasteiger partial charge in [-0.2, -0.15) is 0 Å². The topological polar surface area (TPSA) is 48.2 Å². The van der Waals surface area contributed by atoms with E-state index in [-0.39, 0.29) is 6.61 Å². The Morgan fingerprint density at radius 1 is 0.950 bits per heavy atom. The Kier molecular flexibility index (Phi) is 5.26. The van der Waals surface area contributed by atoms with Crippen molar-refractivity contribution in [2.24, 2.45) is 10.3 Å². The molecule has 0 aliphatic rings. The summed E-state index contributed by atoms with van der Waals surface area (Å²) in [6.07, 6.45) is 0. The molecule has 2 aromatic rings. The third-order valence-corrected chi connectivity index (χ3v) is 2.98. The second-order valence-corrected chi connectivity index (χ2v) is 4.48. The molecule has 104 valence electrons. The average molecular weight is 269 g/mol. The molecule has 0 saturated heterocycles. The Bertz CT molecular complexity index is 537. The molecule has 1 N–H and O–H groups in total. The molecular formula is C16H19N3O. The maximum Gasteiger partial charge on any atom is 0.0874 e. The Balaban J connectivity index is 1.99. The van der Waals surface area contributed by atoms with Gasteiger partial charge in [-0.25, -0.2) is 0 Å². The van der Waals surface area contributed by atoms with Crippen molar-refractivity contribution in [3.63, 3.8) is 0 Å². The summed E-state index contributed by atoms with van der Waals surface area (Å²) in [6.45, 7) is 3.64. The first-order chi connectivity index (χ1) is 9.81. The minimum atomic E-state index is 0.0481. The van der Waals surface area contributed by atoms with Gasteiger partial charge in [0.15, 0.2) is 0 Å². The lowest BCUT2D eigenvalue weighted by Crippen LogP contribution is -2.15. The van der Waals surface area contributed by atoms with Gasteiger partial charge in [-0.05, 0) is 30.2 Å². The van der Waals surface area contributed by atoms with Gasteiger partial charge in [0.1, 0.15) is 0 Å². The van der Waals surface area contributed by atoms with Crippen LogP contribution in [-0.2, 0) is 13.2 Å². The first-order valence-electron chi connectivity index (χ1n) is 6.72. The van der Waals surface area contributed by atoms with Crippen LogP contribution in [0.5, 0.6) is 0 Å². The van der Waals surface area contributed by atoms with E-state index in [0.29, 0.717) is 0 Å². The highest BCUT2D eigenvalue weighted by Gasteiger charge is 2.00. The van der Waals surface area contributed by atoms with Crippen molar-refractivity contribution in [3.8, 4) is 0 Å². The largest absolute Gasteiger partial charge is 0.392 e. The molecule has 0 bridgehead atoms. The van der Waals surface area contributed by atoms with Crippen molar-refractivity contribution >= 4 is 5.69 Å². The predicted octanol–water partition coefficient (Wildman–Crippen LogP) is 3.70. The van der Waals surface area contributed by atoms with Gasteiger partial charge in [0, 0.05) is 6.54 Å². The molecule has 0 spiro atoms. The van der Waals surface area contributed by atoms with E-state index < -0.39 is 0 Å². The summed E-state index contributed by atoms with van der Waals surface area (Å²) >= 11 is 0. The maximum atomic E-state index is 8.99. The van der Waals surface area contributed by atoms with Crippen molar-refractivity contribution in [1.29, 1.82) is 0 Å². The maximum absolute atomic E-state index is 8.99. The van der Waals surface area contributed by atoms with Gasteiger partial charge in [0.25, 0.3) is 0 Å². The number of hydrogen-bond acceptors (Lipinski definition) is 3. The Morgan fingerprint density at radius 2 is 1.65 bits per heavy atom. The van der Waals surface area contributed by atoms with Crippen molar-refractivity contribution in [1.82, 2.24) is 5.01 Å². The van der Waals surface area contributed by atoms with Crippen molar-refractivity contribution in [3.05, 3.63) is 65.7 Å². The van der Waals surface area contributed by atoms with Crippen LogP contribution in [0, 0.1) is 0 Å².